The zero-order valence-electron chi connectivity index (χ0n) is 10.4. The first-order chi connectivity index (χ1) is 8.16. The summed E-state index contributed by atoms with van der Waals surface area (Å²) in [5.74, 6) is 0.0743. The fraction of sp³-hybridized carbons (Fsp3) is 0.400. The van der Waals surface area contributed by atoms with E-state index in [1.54, 1.807) is 24.3 Å². The van der Waals surface area contributed by atoms with Crippen molar-refractivity contribution < 1.29 is 9.90 Å². The van der Waals surface area contributed by atoms with E-state index in [1.807, 2.05) is 13.0 Å². The molecule has 0 heterocycles. The zero-order valence-corrected chi connectivity index (χ0v) is 10.4. The smallest absolute Gasteiger partial charge is 0.169 e. The first-order valence-electron chi connectivity index (χ1n) is 6.10. The Morgan fingerprint density at radius 2 is 2.12 bits per heavy atom. The molecule has 1 aromatic carbocycles. The molecule has 2 heteroatoms. The summed E-state index contributed by atoms with van der Waals surface area (Å²) in [7, 11) is 0. The van der Waals surface area contributed by atoms with Crippen LogP contribution in [-0.4, -0.2) is 10.9 Å². The topological polar surface area (TPSA) is 37.3 Å². The number of carbonyl (C=O) groups excluding carboxylic acids is 1. The number of unbranched alkanes of at least 4 members (excludes halogenated alkanes) is 2. The van der Waals surface area contributed by atoms with Gasteiger partial charge in [-0.2, -0.15) is 0 Å². The van der Waals surface area contributed by atoms with Gasteiger partial charge in [-0.15, -0.1) is 6.58 Å². The Hall–Kier alpha value is -1.57. The molecule has 1 rings (SSSR count). The molecule has 1 unspecified atom stereocenters. The quantitative estimate of drug-likeness (QED) is 0.439. The summed E-state index contributed by atoms with van der Waals surface area (Å²) in [6.07, 6.45) is 5.85. The van der Waals surface area contributed by atoms with Gasteiger partial charge in [0.15, 0.2) is 5.78 Å². The average Bonchev–Trinajstić information content (AvgIpc) is 2.34. The highest BCUT2D eigenvalue weighted by Gasteiger charge is 2.17. The Kier molecular flexibility index (Phi) is 5.47. The van der Waals surface area contributed by atoms with Gasteiger partial charge in [0.25, 0.3) is 0 Å². The van der Waals surface area contributed by atoms with Crippen molar-refractivity contribution in [1.82, 2.24) is 0 Å². The largest absolute Gasteiger partial charge is 0.507 e. The van der Waals surface area contributed by atoms with Crippen molar-refractivity contribution in [2.75, 3.05) is 0 Å². The number of para-hydroxylation sites is 1. The molecule has 0 aliphatic rings. The predicted molar refractivity (Wildman–Crippen MR) is 70.3 cm³/mol. The summed E-state index contributed by atoms with van der Waals surface area (Å²) in [6.45, 7) is 5.59. The Bertz CT molecular complexity index is 382. The van der Waals surface area contributed by atoms with Crippen LogP contribution in [0.15, 0.2) is 36.9 Å². The first-order valence-corrected chi connectivity index (χ1v) is 6.10. The zero-order chi connectivity index (χ0) is 12.7. The number of rotatable bonds is 7. The molecule has 1 N–H and O–H groups in total. The fourth-order valence-corrected chi connectivity index (χ4v) is 1.82. The van der Waals surface area contributed by atoms with E-state index in [0.29, 0.717) is 5.56 Å². The number of phenols is 1. The van der Waals surface area contributed by atoms with Crippen LogP contribution in [0.4, 0.5) is 0 Å². The van der Waals surface area contributed by atoms with Gasteiger partial charge >= 0.3 is 0 Å². The van der Waals surface area contributed by atoms with Crippen LogP contribution in [0, 0.1) is 5.92 Å². The van der Waals surface area contributed by atoms with E-state index in [9.17, 15) is 9.90 Å². The van der Waals surface area contributed by atoms with Crippen molar-refractivity contribution in [3.63, 3.8) is 0 Å². The van der Waals surface area contributed by atoms with E-state index in [2.05, 4.69) is 6.58 Å². The summed E-state index contributed by atoms with van der Waals surface area (Å²) in [6, 6.07) is 6.73. The van der Waals surface area contributed by atoms with Gasteiger partial charge in [0.2, 0.25) is 0 Å². The number of carbonyl (C=O) groups is 1. The first kappa shape index (κ1) is 13.5. The molecule has 1 atom stereocenters. The monoisotopic (exact) mass is 232 g/mol. The molecule has 0 radical (unpaired) electrons. The number of benzene rings is 1. The number of phenolic OH excluding ortho intramolecular Hbond substituents is 1. The Morgan fingerprint density at radius 1 is 1.41 bits per heavy atom. The van der Waals surface area contributed by atoms with Crippen molar-refractivity contribution in [1.29, 1.82) is 0 Å². The summed E-state index contributed by atoms with van der Waals surface area (Å²) in [5.41, 5.74) is 0.434. The van der Waals surface area contributed by atoms with Crippen molar-refractivity contribution in [2.24, 2.45) is 5.92 Å². The predicted octanol–water partition coefficient (Wildman–Crippen LogP) is 3.96. The second-order valence-electron chi connectivity index (χ2n) is 4.36. The van der Waals surface area contributed by atoms with Crippen LogP contribution < -0.4 is 0 Å². The maximum atomic E-state index is 12.0. The third kappa shape index (κ3) is 4.06. The normalized spacial score (nSPS) is 12.1. The Morgan fingerprint density at radius 3 is 2.76 bits per heavy atom. The third-order valence-corrected chi connectivity index (χ3v) is 2.91. The molecule has 0 aliphatic heterocycles. The molecule has 0 aliphatic carbocycles. The van der Waals surface area contributed by atoms with Gasteiger partial charge in [-0.05, 0) is 31.4 Å². The minimum Gasteiger partial charge on any atom is -0.507 e. The van der Waals surface area contributed by atoms with Crippen LogP contribution in [0.5, 0.6) is 5.75 Å². The van der Waals surface area contributed by atoms with Gasteiger partial charge in [0.1, 0.15) is 5.75 Å². The SMILES string of the molecule is C=CCCCCC(C)C(=O)c1ccccc1O. The van der Waals surface area contributed by atoms with Crippen LogP contribution in [0.3, 0.4) is 0 Å². The lowest BCUT2D eigenvalue weighted by Crippen LogP contribution is -2.11. The number of hydrogen-bond donors (Lipinski definition) is 1. The maximum Gasteiger partial charge on any atom is 0.169 e. The lowest BCUT2D eigenvalue weighted by Gasteiger charge is -2.11. The number of allylic oxidation sites excluding steroid dienone is 1. The van der Waals surface area contributed by atoms with Crippen LogP contribution >= 0.6 is 0 Å². The molecule has 2 nitrogen and oxygen atoms in total. The second kappa shape index (κ2) is 6.89. The lowest BCUT2D eigenvalue weighted by molar-refractivity contribution is 0.0919. The molecule has 0 saturated carbocycles. The van der Waals surface area contributed by atoms with Crippen LogP contribution in [-0.2, 0) is 0 Å². The van der Waals surface area contributed by atoms with Crippen LogP contribution in [0.1, 0.15) is 43.0 Å². The molecule has 17 heavy (non-hydrogen) atoms. The van der Waals surface area contributed by atoms with Gasteiger partial charge in [0, 0.05) is 5.92 Å². The molecule has 0 aromatic heterocycles. The molecular weight excluding hydrogens is 212 g/mol. The summed E-state index contributed by atoms with van der Waals surface area (Å²) in [4.78, 5) is 12.0. The molecule has 0 saturated heterocycles. The minimum atomic E-state index is -0.0342. The third-order valence-electron chi connectivity index (χ3n) is 2.91. The fourth-order valence-electron chi connectivity index (χ4n) is 1.82. The Balaban J connectivity index is 2.52. The van der Waals surface area contributed by atoms with Gasteiger partial charge in [0.05, 0.1) is 5.56 Å². The van der Waals surface area contributed by atoms with Crippen molar-refractivity contribution in [2.45, 2.75) is 32.6 Å². The maximum absolute atomic E-state index is 12.0. The second-order valence-corrected chi connectivity index (χ2v) is 4.36. The van der Waals surface area contributed by atoms with E-state index >= 15 is 0 Å². The summed E-state index contributed by atoms with van der Waals surface area (Å²) in [5, 5.41) is 9.61. The van der Waals surface area contributed by atoms with Gasteiger partial charge in [-0.3, -0.25) is 4.79 Å². The van der Waals surface area contributed by atoms with Gasteiger partial charge in [-0.25, -0.2) is 0 Å². The van der Waals surface area contributed by atoms with E-state index in [0.717, 1.165) is 25.7 Å². The molecule has 92 valence electrons. The molecule has 0 amide bonds. The average molecular weight is 232 g/mol. The van der Waals surface area contributed by atoms with E-state index in [4.69, 9.17) is 0 Å². The van der Waals surface area contributed by atoms with Crippen molar-refractivity contribution in [3.8, 4) is 5.75 Å². The number of aromatic hydroxyl groups is 1. The van der Waals surface area contributed by atoms with Crippen LogP contribution in [0.25, 0.3) is 0 Å². The molecule has 1 aromatic rings. The number of hydrogen-bond acceptors (Lipinski definition) is 2. The van der Waals surface area contributed by atoms with Crippen molar-refractivity contribution in [3.05, 3.63) is 42.5 Å². The lowest BCUT2D eigenvalue weighted by atomic mass is 9.93. The minimum absolute atomic E-state index is 0.0294. The summed E-state index contributed by atoms with van der Waals surface area (Å²) < 4.78 is 0. The summed E-state index contributed by atoms with van der Waals surface area (Å²) >= 11 is 0. The standard InChI is InChI=1S/C15H20O2/c1-3-4-5-6-9-12(2)15(17)13-10-7-8-11-14(13)16/h3,7-8,10-12,16H,1,4-6,9H2,2H3. The highest BCUT2D eigenvalue weighted by atomic mass is 16.3. The number of Topliss-reactive ketones (excluding diaryl/α,β-unsaturated/α-hetero) is 1. The van der Waals surface area contributed by atoms with E-state index in [-0.39, 0.29) is 17.5 Å². The highest BCUT2D eigenvalue weighted by molar-refractivity contribution is 5.99. The molecule has 0 fully saturated rings. The van der Waals surface area contributed by atoms with Gasteiger partial charge in [-0.1, -0.05) is 31.6 Å². The number of ketones is 1. The molecule has 0 bridgehead atoms. The Labute approximate surface area is 103 Å². The van der Waals surface area contributed by atoms with Crippen LogP contribution in [0.2, 0.25) is 0 Å². The van der Waals surface area contributed by atoms with Gasteiger partial charge < -0.3 is 5.11 Å². The molecular formula is C15H20O2. The van der Waals surface area contributed by atoms with E-state index < -0.39 is 0 Å². The van der Waals surface area contributed by atoms with Crippen molar-refractivity contribution >= 4 is 5.78 Å². The van der Waals surface area contributed by atoms with E-state index in [1.165, 1.54) is 0 Å². The molecule has 0 spiro atoms. The highest BCUT2D eigenvalue weighted by Crippen LogP contribution is 2.22.